The number of hydrogen-bond acceptors (Lipinski definition) is 7. The Kier molecular flexibility index (Phi) is 6.17. The number of nitrogens with zero attached hydrogens (tertiary/aromatic N) is 4. The highest BCUT2D eigenvalue weighted by Crippen LogP contribution is 2.20. The molecule has 4 aromatic rings. The lowest BCUT2D eigenvalue weighted by atomic mass is 10.1. The Morgan fingerprint density at radius 1 is 1.12 bits per heavy atom. The number of ketones is 1. The molecule has 0 saturated carbocycles. The zero-order chi connectivity index (χ0) is 22.7. The predicted molar refractivity (Wildman–Crippen MR) is 124 cm³/mol. The molecule has 0 aliphatic rings. The summed E-state index contributed by atoms with van der Waals surface area (Å²) in [5.41, 5.74) is 2.14. The Balaban J connectivity index is 1.52. The molecule has 2 heterocycles. The van der Waals surface area contributed by atoms with E-state index in [1.807, 2.05) is 0 Å². The molecule has 162 valence electrons. The van der Waals surface area contributed by atoms with Crippen LogP contribution in [-0.4, -0.2) is 34.2 Å². The topological polar surface area (TPSA) is 107 Å². The Hall–Kier alpha value is -3.34. The first kappa shape index (κ1) is 21.9. The zero-order valence-corrected chi connectivity index (χ0v) is 19.0. The molecule has 0 aliphatic carbocycles. The van der Waals surface area contributed by atoms with Crippen molar-refractivity contribution in [2.45, 2.75) is 11.8 Å². The zero-order valence-electron chi connectivity index (χ0n) is 16.6. The van der Waals surface area contributed by atoms with Crippen LogP contribution in [0.2, 0.25) is 5.02 Å². The van der Waals surface area contributed by atoms with Crippen molar-refractivity contribution in [3.8, 4) is 5.69 Å². The second kappa shape index (κ2) is 9.03. The van der Waals surface area contributed by atoms with Crippen LogP contribution in [0.1, 0.15) is 21.7 Å². The summed E-state index contributed by atoms with van der Waals surface area (Å²) in [6.07, 6.45) is 4.61. The highest BCUT2D eigenvalue weighted by molar-refractivity contribution is 7.93. The average Bonchev–Trinajstić information content (AvgIpc) is 3.42. The minimum atomic E-state index is -3.76. The summed E-state index contributed by atoms with van der Waals surface area (Å²) in [6.45, 7) is 1.72. The molecule has 1 N–H and O–H groups in total. The van der Waals surface area contributed by atoms with Crippen LogP contribution < -0.4 is 4.72 Å². The molecular formula is C21H16ClN5O3S2. The van der Waals surface area contributed by atoms with Crippen LogP contribution in [0.25, 0.3) is 11.8 Å². The molecule has 0 aliphatic heterocycles. The van der Waals surface area contributed by atoms with Crippen LogP contribution >= 0.6 is 22.9 Å². The number of benzene rings is 2. The maximum absolute atomic E-state index is 12.6. The molecule has 0 atom stereocenters. The quantitative estimate of drug-likeness (QED) is 0.307. The fourth-order valence-electron chi connectivity index (χ4n) is 2.84. The summed E-state index contributed by atoms with van der Waals surface area (Å²) in [7, 11) is -3.76. The van der Waals surface area contributed by atoms with Gasteiger partial charge < -0.3 is 0 Å². The molecule has 0 fully saturated rings. The number of allylic oxidation sites excluding steroid dienone is 1. The SMILES string of the molecule is Cc1c(C(=O)/C=C/c2ccc(Cl)cc2)nnn1-c1ccc(S(=O)(=O)Nc2nccs2)cc1. The van der Waals surface area contributed by atoms with E-state index in [4.69, 9.17) is 11.6 Å². The molecule has 8 nitrogen and oxygen atoms in total. The molecule has 0 bridgehead atoms. The lowest BCUT2D eigenvalue weighted by Crippen LogP contribution is -2.13. The maximum Gasteiger partial charge on any atom is 0.263 e. The third-order valence-electron chi connectivity index (χ3n) is 4.47. The van der Waals surface area contributed by atoms with Crippen molar-refractivity contribution in [3.05, 3.63) is 88.2 Å². The van der Waals surface area contributed by atoms with Gasteiger partial charge in [-0.1, -0.05) is 35.0 Å². The smallest absolute Gasteiger partial charge is 0.263 e. The van der Waals surface area contributed by atoms with Crippen molar-refractivity contribution in [2.24, 2.45) is 0 Å². The van der Waals surface area contributed by atoms with Gasteiger partial charge in [-0.3, -0.25) is 9.52 Å². The van der Waals surface area contributed by atoms with Crippen molar-refractivity contribution < 1.29 is 13.2 Å². The number of nitrogens with one attached hydrogen (secondary N) is 1. The van der Waals surface area contributed by atoms with Crippen LogP contribution in [-0.2, 0) is 10.0 Å². The molecule has 0 saturated heterocycles. The molecule has 0 spiro atoms. The van der Waals surface area contributed by atoms with Crippen LogP contribution in [0.4, 0.5) is 5.13 Å². The van der Waals surface area contributed by atoms with Crippen LogP contribution in [0.15, 0.2) is 71.1 Å². The van der Waals surface area contributed by atoms with E-state index in [2.05, 4.69) is 20.0 Å². The molecule has 32 heavy (non-hydrogen) atoms. The van der Waals surface area contributed by atoms with E-state index in [0.29, 0.717) is 16.4 Å². The van der Waals surface area contributed by atoms with Crippen molar-refractivity contribution in [2.75, 3.05) is 4.72 Å². The third-order valence-corrected chi connectivity index (χ3v) is 6.90. The number of carbonyl (C=O) groups excluding carboxylic acids is 1. The molecule has 0 unspecified atom stereocenters. The lowest BCUT2D eigenvalue weighted by Gasteiger charge is -2.07. The summed E-state index contributed by atoms with van der Waals surface area (Å²) in [5.74, 6) is -0.296. The lowest BCUT2D eigenvalue weighted by molar-refractivity contribution is 0.104. The van der Waals surface area contributed by atoms with Gasteiger partial charge >= 0.3 is 0 Å². The van der Waals surface area contributed by atoms with Gasteiger partial charge in [0.15, 0.2) is 10.8 Å². The predicted octanol–water partition coefficient (Wildman–Crippen LogP) is 4.38. The van der Waals surface area contributed by atoms with Crippen molar-refractivity contribution in [1.82, 2.24) is 20.0 Å². The van der Waals surface area contributed by atoms with E-state index in [0.717, 1.165) is 5.56 Å². The molecular weight excluding hydrogens is 470 g/mol. The Labute approximate surface area is 193 Å². The first-order valence-electron chi connectivity index (χ1n) is 9.26. The van der Waals surface area contributed by atoms with Gasteiger partial charge in [0.1, 0.15) is 0 Å². The standard InChI is InChI=1S/C21H16ClN5O3S2/c1-14-20(19(28)11-4-15-2-5-16(22)6-3-15)24-26-27(14)17-7-9-18(10-8-17)32(29,30)25-21-23-12-13-31-21/h2-13H,1H3,(H,23,25)/b11-4+. The van der Waals surface area contributed by atoms with Gasteiger partial charge in [-0.15, -0.1) is 16.4 Å². The van der Waals surface area contributed by atoms with Gasteiger partial charge in [0, 0.05) is 16.6 Å². The molecule has 0 amide bonds. The van der Waals surface area contributed by atoms with Gasteiger partial charge in [0.05, 0.1) is 16.3 Å². The molecule has 2 aromatic heterocycles. The van der Waals surface area contributed by atoms with E-state index < -0.39 is 10.0 Å². The van der Waals surface area contributed by atoms with Gasteiger partial charge in [0.25, 0.3) is 10.0 Å². The number of carbonyl (C=O) groups is 1. The van der Waals surface area contributed by atoms with Crippen molar-refractivity contribution >= 4 is 50.0 Å². The third kappa shape index (κ3) is 4.77. The summed E-state index contributed by atoms with van der Waals surface area (Å²) >= 11 is 7.05. The van der Waals surface area contributed by atoms with Crippen molar-refractivity contribution in [3.63, 3.8) is 0 Å². The van der Waals surface area contributed by atoms with Gasteiger partial charge in [-0.25, -0.2) is 18.1 Å². The minimum Gasteiger partial charge on any atom is -0.287 e. The van der Waals surface area contributed by atoms with E-state index in [1.165, 1.54) is 40.4 Å². The average molecular weight is 486 g/mol. The summed E-state index contributed by atoms with van der Waals surface area (Å²) in [5, 5.41) is 10.6. The number of halogens is 1. The van der Waals surface area contributed by atoms with E-state index >= 15 is 0 Å². The second-order valence-electron chi connectivity index (χ2n) is 6.62. The largest absolute Gasteiger partial charge is 0.287 e. The van der Waals surface area contributed by atoms with E-state index in [9.17, 15) is 13.2 Å². The molecule has 11 heteroatoms. The number of hydrogen-bond donors (Lipinski definition) is 1. The summed E-state index contributed by atoms with van der Waals surface area (Å²) < 4.78 is 28.9. The van der Waals surface area contributed by atoms with Gasteiger partial charge in [0.2, 0.25) is 5.78 Å². The normalized spacial score (nSPS) is 11.7. The Bertz CT molecular complexity index is 1380. The number of rotatable bonds is 7. The number of anilines is 1. The number of aromatic nitrogens is 4. The van der Waals surface area contributed by atoms with Crippen LogP contribution in [0.3, 0.4) is 0 Å². The van der Waals surface area contributed by atoms with Crippen molar-refractivity contribution in [1.29, 1.82) is 0 Å². The summed E-state index contributed by atoms with van der Waals surface area (Å²) in [6, 6.07) is 13.2. The van der Waals surface area contributed by atoms with Crippen LogP contribution in [0.5, 0.6) is 0 Å². The molecule has 4 rings (SSSR count). The van der Waals surface area contributed by atoms with Crippen LogP contribution in [0, 0.1) is 6.92 Å². The van der Waals surface area contributed by atoms with E-state index in [-0.39, 0.29) is 21.5 Å². The van der Waals surface area contributed by atoms with Gasteiger partial charge in [-0.05, 0) is 55.0 Å². The first-order valence-corrected chi connectivity index (χ1v) is 12.0. The fraction of sp³-hybridized carbons (Fsp3) is 0.0476. The number of thiazole rings is 1. The highest BCUT2D eigenvalue weighted by Gasteiger charge is 2.18. The minimum absolute atomic E-state index is 0.0800. The van der Waals surface area contributed by atoms with E-state index in [1.54, 1.807) is 54.8 Å². The maximum atomic E-state index is 12.6. The first-order chi connectivity index (χ1) is 15.3. The second-order valence-corrected chi connectivity index (χ2v) is 9.63. The Morgan fingerprint density at radius 2 is 1.84 bits per heavy atom. The summed E-state index contributed by atoms with van der Waals surface area (Å²) in [4.78, 5) is 16.6. The monoisotopic (exact) mass is 485 g/mol. The fourth-order valence-corrected chi connectivity index (χ4v) is 4.76. The number of sulfonamides is 1. The molecule has 2 aromatic carbocycles. The van der Waals surface area contributed by atoms with Gasteiger partial charge in [-0.2, -0.15) is 0 Å². The Morgan fingerprint density at radius 3 is 2.50 bits per heavy atom. The highest BCUT2D eigenvalue weighted by atomic mass is 35.5. The molecule has 0 radical (unpaired) electrons.